The number of benzene rings is 1. The molecule has 0 saturated heterocycles. The van der Waals surface area contributed by atoms with Gasteiger partial charge in [-0.2, -0.15) is 0 Å². The summed E-state index contributed by atoms with van der Waals surface area (Å²) in [6.07, 6.45) is 5.05. The largest absolute Gasteiger partial charge is 0.327 e. The van der Waals surface area contributed by atoms with Crippen molar-refractivity contribution < 1.29 is 8.78 Å². The van der Waals surface area contributed by atoms with Gasteiger partial charge in [0, 0.05) is 12.0 Å². The van der Waals surface area contributed by atoms with E-state index < -0.39 is 0 Å². The van der Waals surface area contributed by atoms with Crippen molar-refractivity contribution in [3.05, 3.63) is 35.4 Å². The minimum atomic E-state index is -0.382. The van der Waals surface area contributed by atoms with Gasteiger partial charge in [-0.05, 0) is 36.6 Å². The van der Waals surface area contributed by atoms with Crippen LogP contribution in [-0.2, 0) is 0 Å². The highest BCUT2D eigenvalue weighted by Crippen LogP contribution is 2.32. The average molecular weight is 225 g/mol. The Morgan fingerprint density at radius 3 is 2.62 bits per heavy atom. The van der Waals surface area contributed by atoms with Crippen LogP contribution < -0.4 is 5.73 Å². The summed E-state index contributed by atoms with van der Waals surface area (Å²) in [5, 5.41) is 0. The van der Waals surface area contributed by atoms with Crippen LogP contribution in [0.25, 0.3) is 0 Å². The molecule has 88 valence electrons. The normalized spacial score (nSPS) is 26.4. The van der Waals surface area contributed by atoms with Crippen molar-refractivity contribution in [2.75, 3.05) is 0 Å². The lowest BCUT2D eigenvalue weighted by molar-refractivity contribution is 0.474. The average Bonchev–Trinajstić information content (AvgIpc) is 2.47. The molecule has 2 rings (SSSR count). The maximum absolute atomic E-state index is 13.6. The van der Waals surface area contributed by atoms with E-state index in [1.54, 1.807) is 0 Å². The zero-order valence-corrected chi connectivity index (χ0v) is 9.26. The molecule has 1 fully saturated rings. The minimum Gasteiger partial charge on any atom is -0.327 e. The van der Waals surface area contributed by atoms with Gasteiger partial charge >= 0.3 is 0 Å². The van der Waals surface area contributed by atoms with Crippen LogP contribution in [0.3, 0.4) is 0 Å². The van der Waals surface area contributed by atoms with Gasteiger partial charge < -0.3 is 5.73 Å². The second-order valence-corrected chi connectivity index (χ2v) is 4.57. The molecular formula is C13H17F2N. The molecule has 1 aromatic carbocycles. The molecule has 1 saturated carbocycles. The molecule has 0 bridgehead atoms. The predicted molar refractivity (Wildman–Crippen MR) is 60.2 cm³/mol. The Labute approximate surface area is 94.7 Å². The van der Waals surface area contributed by atoms with Crippen LogP contribution in [0.4, 0.5) is 8.78 Å². The van der Waals surface area contributed by atoms with Crippen LogP contribution in [0.1, 0.15) is 43.6 Å². The van der Waals surface area contributed by atoms with E-state index in [1.807, 2.05) is 0 Å². The Balaban J connectivity index is 2.29. The van der Waals surface area contributed by atoms with Gasteiger partial charge in [-0.15, -0.1) is 0 Å². The van der Waals surface area contributed by atoms with Gasteiger partial charge in [-0.3, -0.25) is 0 Å². The van der Waals surface area contributed by atoms with Crippen molar-refractivity contribution >= 4 is 0 Å². The molecule has 0 aromatic heterocycles. The second kappa shape index (κ2) is 4.91. The smallest absolute Gasteiger partial charge is 0.126 e. The first-order chi connectivity index (χ1) is 7.68. The number of rotatable bonds is 1. The molecule has 2 unspecified atom stereocenters. The molecule has 1 aliphatic rings. The van der Waals surface area contributed by atoms with Crippen LogP contribution in [0, 0.1) is 11.6 Å². The van der Waals surface area contributed by atoms with Gasteiger partial charge in [-0.1, -0.05) is 19.3 Å². The summed E-state index contributed by atoms with van der Waals surface area (Å²) in [4.78, 5) is 0. The third-order valence-corrected chi connectivity index (χ3v) is 3.43. The molecule has 1 aromatic rings. The maximum atomic E-state index is 13.6. The number of nitrogens with two attached hydrogens (primary N) is 1. The SMILES string of the molecule is NC1CCCCCC1c1cc(F)ccc1F. The lowest BCUT2D eigenvalue weighted by Crippen LogP contribution is -2.28. The predicted octanol–water partition coefficient (Wildman–Crippen LogP) is 3.34. The number of halogens is 2. The van der Waals surface area contributed by atoms with Crippen LogP contribution in [0.5, 0.6) is 0 Å². The van der Waals surface area contributed by atoms with E-state index in [1.165, 1.54) is 12.1 Å². The van der Waals surface area contributed by atoms with Crippen LogP contribution in [0.15, 0.2) is 18.2 Å². The first kappa shape index (κ1) is 11.5. The zero-order chi connectivity index (χ0) is 11.5. The van der Waals surface area contributed by atoms with Crippen LogP contribution in [0.2, 0.25) is 0 Å². The first-order valence-corrected chi connectivity index (χ1v) is 5.89. The van der Waals surface area contributed by atoms with Gasteiger partial charge in [-0.25, -0.2) is 8.78 Å². The fourth-order valence-electron chi connectivity index (χ4n) is 2.52. The van der Waals surface area contributed by atoms with Crippen LogP contribution >= 0.6 is 0 Å². The Bertz CT molecular complexity index is 365. The monoisotopic (exact) mass is 225 g/mol. The molecule has 3 heteroatoms. The number of hydrogen-bond acceptors (Lipinski definition) is 1. The molecule has 1 nitrogen and oxygen atoms in total. The van der Waals surface area contributed by atoms with E-state index in [4.69, 9.17) is 5.73 Å². The van der Waals surface area contributed by atoms with Crippen molar-refractivity contribution in [1.29, 1.82) is 0 Å². The molecule has 1 aliphatic carbocycles. The summed E-state index contributed by atoms with van der Waals surface area (Å²) in [5.74, 6) is -0.741. The third kappa shape index (κ3) is 2.40. The van der Waals surface area contributed by atoms with Gasteiger partial charge in [0.15, 0.2) is 0 Å². The Morgan fingerprint density at radius 2 is 1.81 bits per heavy atom. The third-order valence-electron chi connectivity index (χ3n) is 3.43. The zero-order valence-electron chi connectivity index (χ0n) is 9.26. The van der Waals surface area contributed by atoms with E-state index >= 15 is 0 Å². The van der Waals surface area contributed by atoms with Gasteiger partial charge in [0.05, 0.1) is 0 Å². The molecule has 2 atom stereocenters. The summed E-state index contributed by atoms with van der Waals surface area (Å²) in [7, 11) is 0. The summed E-state index contributed by atoms with van der Waals surface area (Å²) in [6.45, 7) is 0. The van der Waals surface area contributed by atoms with E-state index in [0.29, 0.717) is 5.56 Å². The van der Waals surface area contributed by atoms with E-state index in [9.17, 15) is 8.78 Å². The highest BCUT2D eigenvalue weighted by atomic mass is 19.1. The van der Waals surface area contributed by atoms with E-state index in [0.717, 1.165) is 38.2 Å². The van der Waals surface area contributed by atoms with Crippen molar-refractivity contribution in [3.8, 4) is 0 Å². The molecular weight excluding hydrogens is 208 g/mol. The van der Waals surface area contributed by atoms with Gasteiger partial charge in [0.2, 0.25) is 0 Å². The standard InChI is InChI=1S/C13H17F2N/c14-9-6-7-12(15)11(8-9)10-4-2-1-3-5-13(10)16/h6-8,10,13H,1-5,16H2. The molecule has 0 amide bonds. The summed E-state index contributed by atoms with van der Waals surface area (Å²) in [5.41, 5.74) is 6.49. The van der Waals surface area contributed by atoms with Crippen molar-refractivity contribution in [2.24, 2.45) is 5.73 Å². The maximum Gasteiger partial charge on any atom is 0.126 e. The van der Waals surface area contributed by atoms with E-state index in [2.05, 4.69) is 0 Å². The Kier molecular flexibility index (Phi) is 3.54. The Morgan fingerprint density at radius 1 is 1.06 bits per heavy atom. The van der Waals surface area contributed by atoms with Crippen molar-refractivity contribution in [1.82, 2.24) is 0 Å². The topological polar surface area (TPSA) is 26.0 Å². The lowest BCUT2D eigenvalue weighted by atomic mass is 9.88. The highest BCUT2D eigenvalue weighted by molar-refractivity contribution is 5.24. The van der Waals surface area contributed by atoms with Crippen molar-refractivity contribution in [3.63, 3.8) is 0 Å². The molecule has 0 radical (unpaired) electrons. The summed E-state index contributed by atoms with van der Waals surface area (Å²) < 4.78 is 26.8. The van der Waals surface area contributed by atoms with Crippen LogP contribution in [-0.4, -0.2) is 6.04 Å². The van der Waals surface area contributed by atoms with Gasteiger partial charge in [0.1, 0.15) is 11.6 Å². The molecule has 0 aliphatic heterocycles. The fraction of sp³-hybridized carbons (Fsp3) is 0.538. The van der Waals surface area contributed by atoms with Crippen molar-refractivity contribution in [2.45, 2.75) is 44.1 Å². The van der Waals surface area contributed by atoms with E-state index in [-0.39, 0.29) is 23.6 Å². The first-order valence-electron chi connectivity index (χ1n) is 5.89. The second-order valence-electron chi connectivity index (χ2n) is 4.57. The van der Waals surface area contributed by atoms with Gasteiger partial charge in [0.25, 0.3) is 0 Å². The Hall–Kier alpha value is -0.960. The lowest BCUT2D eigenvalue weighted by Gasteiger charge is -2.22. The fourth-order valence-corrected chi connectivity index (χ4v) is 2.52. The molecule has 16 heavy (non-hydrogen) atoms. The molecule has 0 spiro atoms. The quantitative estimate of drug-likeness (QED) is 0.729. The summed E-state index contributed by atoms with van der Waals surface area (Å²) in [6, 6.07) is 3.60. The molecule has 2 N–H and O–H groups in total. The summed E-state index contributed by atoms with van der Waals surface area (Å²) >= 11 is 0. The number of hydrogen-bond donors (Lipinski definition) is 1. The minimum absolute atomic E-state index is 0.0294. The highest BCUT2D eigenvalue weighted by Gasteiger charge is 2.24. The molecule has 0 heterocycles.